The zero-order valence-corrected chi connectivity index (χ0v) is 9.74. The number of benzene rings is 2. The molecule has 0 spiro atoms. The molecule has 0 atom stereocenters. The molecule has 0 unspecified atom stereocenters. The summed E-state index contributed by atoms with van der Waals surface area (Å²) < 4.78 is 40.3. The number of rotatable bonds is 2. The van der Waals surface area contributed by atoms with E-state index in [9.17, 15) is 13.2 Å². The standard InChI is InChI=1S/C15H9F3O/c1-2-11-6-8-12(9-7-11)13-4-3-5-14(10-13)19-15(16,17)18/h1,3-10H. The van der Waals surface area contributed by atoms with Gasteiger partial charge in [0.2, 0.25) is 0 Å². The summed E-state index contributed by atoms with van der Waals surface area (Å²) in [5.41, 5.74) is 2.11. The van der Waals surface area contributed by atoms with Crippen molar-refractivity contribution in [3.05, 3.63) is 54.1 Å². The van der Waals surface area contributed by atoms with Gasteiger partial charge < -0.3 is 4.74 Å². The fraction of sp³-hybridized carbons (Fsp3) is 0.0667. The molecule has 0 saturated carbocycles. The van der Waals surface area contributed by atoms with E-state index in [1.807, 2.05) is 0 Å². The van der Waals surface area contributed by atoms with E-state index >= 15 is 0 Å². The minimum atomic E-state index is -4.69. The highest BCUT2D eigenvalue weighted by Crippen LogP contribution is 2.28. The van der Waals surface area contributed by atoms with Crippen molar-refractivity contribution in [2.75, 3.05) is 0 Å². The second-order valence-corrected chi connectivity index (χ2v) is 3.80. The van der Waals surface area contributed by atoms with E-state index in [0.717, 1.165) is 5.56 Å². The molecule has 0 saturated heterocycles. The van der Waals surface area contributed by atoms with E-state index in [1.165, 1.54) is 18.2 Å². The molecule has 2 rings (SSSR count). The molecule has 0 amide bonds. The molecule has 4 heteroatoms. The van der Waals surface area contributed by atoms with E-state index in [0.29, 0.717) is 11.1 Å². The molecular formula is C15H9F3O. The van der Waals surface area contributed by atoms with Gasteiger partial charge in [-0.15, -0.1) is 19.6 Å². The fourth-order valence-corrected chi connectivity index (χ4v) is 1.63. The third-order valence-corrected chi connectivity index (χ3v) is 2.45. The number of terminal acetylenes is 1. The van der Waals surface area contributed by atoms with Crippen molar-refractivity contribution in [1.29, 1.82) is 0 Å². The Morgan fingerprint density at radius 2 is 1.63 bits per heavy atom. The maximum absolute atomic E-state index is 12.1. The molecule has 0 heterocycles. The molecule has 0 bridgehead atoms. The molecule has 96 valence electrons. The van der Waals surface area contributed by atoms with Crippen LogP contribution in [0.5, 0.6) is 5.75 Å². The van der Waals surface area contributed by atoms with Crippen molar-refractivity contribution in [3.8, 4) is 29.2 Å². The van der Waals surface area contributed by atoms with Gasteiger partial charge in [0.25, 0.3) is 0 Å². The lowest BCUT2D eigenvalue weighted by molar-refractivity contribution is -0.274. The summed E-state index contributed by atoms with van der Waals surface area (Å²) in [5, 5.41) is 0. The predicted molar refractivity (Wildman–Crippen MR) is 66.5 cm³/mol. The van der Waals surface area contributed by atoms with Crippen LogP contribution in [0, 0.1) is 12.3 Å². The lowest BCUT2D eigenvalue weighted by Gasteiger charge is -2.10. The quantitative estimate of drug-likeness (QED) is 0.736. The Morgan fingerprint density at radius 1 is 0.947 bits per heavy atom. The second-order valence-electron chi connectivity index (χ2n) is 3.80. The van der Waals surface area contributed by atoms with Gasteiger partial charge in [-0.3, -0.25) is 0 Å². The number of alkyl halides is 3. The van der Waals surface area contributed by atoms with Gasteiger partial charge >= 0.3 is 6.36 Å². The van der Waals surface area contributed by atoms with E-state index < -0.39 is 6.36 Å². The molecule has 0 fully saturated rings. The highest BCUT2D eigenvalue weighted by atomic mass is 19.4. The molecule has 0 aliphatic carbocycles. The van der Waals surface area contributed by atoms with Crippen LogP contribution in [0.25, 0.3) is 11.1 Å². The maximum atomic E-state index is 12.1. The average molecular weight is 262 g/mol. The van der Waals surface area contributed by atoms with Crippen molar-refractivity contribution in [2.45, 2.75) is 6.36 Å². The highest BCUT2D eigenvalue weighted by Gasteiger charge is 2.31. The first-order valence-electron chi connectivity index (χ1n) is 5.41. The third kappa shape index (κ3) is 3.52. The van der Waals surface area contributed by atoms with Crippen LogP contribution in [0.1, 0.15) is 5.56 Å². The largest absolute Gasteiger partial charge is 0.573 e. The Hall–Kier alpha value is -2.41. The van der Waals surface area contributed by atoms with Gasteiger partial charge in [-0.25, -0.2) is 0 Å². The summed E-state index contributed by atoms with van der Waals surface area (Å²) in [7, 11) is 0. The first kappa shape index (κ1) is 13.0. The van der Waals surface area contributed by atoms with Gasteiger partial charge in [0.05, 0.1) is 0 Å². The maximum Gasteiger partial charge on any atom is 0.573 e. The topological polar surface area (TPSA) is 9.23 Å². The molecule has 0 aromatic heterocycles. The number of halogens is 3. The van der Waals surface area contributed by atoms with Crippen LogP contribution in [0.2, 0.25) is 0 Å². The van der Waals surface area contributed by atoms with Gasteiger partial charge in [0.15, 0.2) is 0 Å². The van der Waals surface area contributed by atoms with Gasteiger partial charge in [-0.2, -0.15) is 0 Å². The van der Waals surface area contributed by atoms with Crippen molar-refractivity contribution in [2.24, 2.45) is 0 Å². The Labute approximate surface area is 108 Å². The Bertz CT molecular complexity index is 607. The SMILES string of the molecule is C#Cc1ccc(-c2cccc(OC(F)(F)F)c2)cc1. The molecule has 0 radical (unpaired) electrons. The Kier molecular flexibility index (Phi) is 3.48. The van der Waals surface area contributed by atoms with E-state index in [4.69, 9.17) is 6.42 Å². The van der Waals surface area contributed by atoms with E-state index in [-0.39, 0.29) is 5.75 Å². The van der Waals surface area contributed by atoms with Crippen molar-refractivity contribution in [1.82, 2.24) is 0 Å². The van der Waals surface area contributed by atoms with Crippen molar-refractivity contribution in [3.63, 3.8) is 0 Å². The molecule has 0 aliphatic heterocycles. The monoisotopic (exact) mass is 262 g/mol. The zero-order chi connectivity index (χ0) is 13.9. The minimum Gasteiger partial charge on any atom is -0.406 e. The molecular weight excluding hydrogens is 253 g/mol. The first-order valence-corrected chi connectivity index (χ1v) is 5.41. The van der Waals surface area contributed by atoms with Crippen LogP contribution in [-0.4, -0.2) is 6.36 Å². The second kappa shape index (κ2) is 5.07. The predicted octanol–water partition coefficient (Wildman–Crippen LogP) is 4.23. The zero-order valence-electron chi connectivity index (χ0n) is 9.74. The van der Waals surface area contributed by atoms with Gasteiger partial charge in [0, 0.05) is 5.56 Å². The van der Waals surface area contributed by atoms with Crippen LogP contribution in [0.4, 0.5) is 13.2 Å². The van der Waals surface area contributed by atoms with Crippen LogP contribution >= 0.6 is 0 Å². The molecule has 0 N–H and O–H groups in total. The van der Waals surface area contributed by atoms with Crippen molar-refractivity contribution < 1.29 is 17.9 Å². The van der Waals surface area contributed by atoms with Crippen LogP contribution in [0.15, 0.2) is 48.5 Å². The molecule has 19 heavy (non-hydrogen) atoms. The van der Waals surface area contributed by atoms with Crippen LogP contribution in [0.3, 0.4) is 0 Å². The Balaban J connectivity index is 2.30. The summed E-state index contributed by atoms with van der Waals surface area (Å²) in [5.74, 6) is 2.23. The smallest absolute Gasteiger partial charge is 0.406 e. The van der Waals surface area contributed by atoms with Crippen molar-refractivity contribution >= 4 is 0 Å². The van der Waals surface area contributed by atoms with Gasteiger partial charge in [-0.05, 0) is 35.4 Å². The van der Waals surface area contributed by atoms with Gasteiger partial charge in [-0.1, -0.05) is 30.2 Å². The van der Waals surface area contributed by atoms with E-state index in [1.54, 1.807) is 30.3 Å². The third-order valence-electron chi connectivity index (χ3n) is 2.45. The lowest BCUT2D eigenvalue weighted by Crippen LogP contribution is -2.17. The molecule has 0 aliphatic rings. The van der Waals surface area contributed by atoms with Crippen LogP contribution in [-0.2, 0) is 0 Å². The summed E-state index contributed by atoms with van der Waals surface area (Å²) in [6.07, 6.45) is 0.549. The van der Waals surface area contributed by atoms with Crippen LogP contribution < -0.4 is 4.74 Å². The number of ether oxygens (including phenoxy) is 1. The number of hydrogen-bond acceptors (Lipinski definition) is 1. The fourth-order valence-electron chi connectivity index (χ4n) is 1.63. The lowest BCUT2D eigenvalue weighted by atomic mass is 10.0. The minimum absolute atomic E-state index is 0.244. The highest BCUT2D eigenvalue weighted by molar-refractivity contribution is 5.65. The van der Waals surface area contributed by atoms with Gasteiger partial charge in [0.1, 0.15) is 5.75 Å². The summed E-state index contributed by atoms with van der Waals surface area (Å²) in [4.78, 5) is 0. The summed E-state index contributed by atoms with van der Waals surface area (Å²) >= 11 is 0. The van der Waals surface area contributed by atoms with E-state index in [2.05, 4.69) is 10.7 Å². The Morgan fingerprint density at radius 3 is 2.21 bits per heavy atom. The summed E-state index contributed by atoms with van der Waals surface area (Å²) in [6, 6.07) is 12.8. The molecule has 2 aromatic rings. The first-order chi connectivity index (χ1) is 8.98. The normalized spacial score (nSPS) is 10.8. The molecule has 1 nitrogen and oxygen atoms in total. The molecule has 2 aromatic carbocycles. The average Bonchev–Trinajstić information content (AvgIpc) is 2.37. The summed E-state index contributed by atoms with van der Waals surface area (Å²) in [6.45, 7) is 0. The number of hydrogen-bond donors (Lipinski definition) is 0.